The fourth-order valence-electron chi connectivity index (χ4n) is 1.54. The number of hydrogen-bond acceptors (Lipinski definition) is 3. The van der Waals surface area contributed by atoms with Crippen LogP contribution in [0.25, 0.3) is 0 Å². The highest BCUT2D eigenvalue weighted by Gasteiger charge is 2.31. The van der Waals surface area contributed by atoms with Crippen molar-refractivity contribution in [3.05, 3.63) is 29.6 Å². The van der Waals surface area contributed by atoms with Gasteiger partial charge in [0.1, 0.15) is 0 Å². The molecule has 4 heteroatoms. The van der Waals surface area contributed by atoms with Crippen LogP contribution >= 0.6 is 0 Å². The number of esters is 1. The Morgan fingerprint density at radius 1 is 1.41 bits per heavy atom. The summed E-state index contributed by atoms with van der Waals surface area (Å²) in [5, 5.41) is 0. The molecule has 0 bridgehead atoms. The lowest BCUT2D eigenvalue weighted by Crippen LogP contribution is -2.30. The minimum atomic E-state index is -0.875. The summed E-state index contributed by atoms with van der Waals surface area (Å²) < 4.78 is 23.5. The molecule has 0 spiro atoms. The molecular formula is C13H17FO3. The van der Waals surface area contributed by atoms with Crippen molar-refractivity contribution in [3.8, 4) is 5.75 Å². The zero-order valence-electron chi connectivity index (χ0n) is 10.5. The Morgan fingerprint density at radius 2 is 2.06 bits per heavy atom. The molecule has 0 N–H and O–H groups in total. The molecule has 0 aliphatic heterocycles. The number of carbonyl (C=O) groups is 1. The Labute approximate surface area is 101 Å². The van der Waals surface area contributed by atoms with E-state index in [0.29, 0.717) is 12.2 Å². The minimum absolute atomic E-state index is 0.192. The van der Waals surface area contributed by atoms with Gasteiger partial charge in [-0.3, -0.25) is 4.79 Å². The largest absolute Gasteiger partial charge is 0.491 e. The van der Waals surface area contributed by atoms with Gasteiger partial charge in [-0.1, -0.05) is 6.07 Å². The molecule has 0 radical (unpaired) electrons. The van der Waals surface area contributed by atoms with Crippen LogP contribution in [0.4, 0.5) is 4.39 Å². The summed E-state index contributed by atoms with van der Waals surface area (Å²) in [6, 6.07) is 4.51. The molecular weight excluding hydrogens is 223 g/mol. The molecule has 1 aromatic rings. The fourth-order valence-corrected chi connectivity index (χ4v) is 1.54. The summed E-state index contributed by atoms with van der Waals surface area (Å²) in [5.74, 6) is -0.681. The lowest BCUT2D eigenvalue weighted by Gasteiger charge is -2.22. The van der Waals surface area contributed by atoms with Crippen molar-refractivity contribution in [2.75, 3.05) is 13.7 Å². The van der Waals surface area contributed by atoms with Crippen LogP contribution in [0.3, 0.4) is 0 Å². The molecule has 0 aliphatic rings. The summed E-state index contributed by atoms with van der Waals surface area (Å²) in [7, 11) is 1.31. The third-order valence-electron chi connectivity index (χ3n) is 2.65. The van der Waals surface area contributed by atoms with Crippen molar-refractivity contribution < 1.29 is 18.7 Å². The predicted octanol–water partition coefficient (Wildman–Crippen LogP) is 2.68. The maximum atomic E-state index is 13.7. The smallest absolute Gasteiger partial charge is 0.315 e. The number of ether oxygens (including phenoxy) is 2. The van der Waals surface area contributed by atoms with Crippen molar-refractivity contribution in [1.29, 1.82) is 0 Å². The molecule has 0 saturated carbocycles. The van der Waals surface area contributed by atoms with Crippen molar-refractivity contribution in [2.24, 2.45) is 0 Å². The summed E-state index contributed by atoms with van der Waals surface area (Å²) in [6.45, 7) is 5.56. The van der Waals surface area contributed by atoms with Crippen LogP contribution in [0.5, 0.6) is 5.75 Å². The average Bonchev–Trinajstić information content (AvgIpc) is 2.30. The Morgan fingerprint density at radius 3 is 2.53 bits per heavy atom. The van der Waals surface area contributed by atoms with Crippen LogP contribution in [0.15, 0.2) is 18.2 Å². The standard InChI is InChI=1S/C13H17FO3/c1-5-17-11-7-6-9(8-10(11)14)13(2,3)12(15)16-4/h6-8H,5H2,1-4H3. The topological polar surface area (TPSA) is 35.5 Å². The Bertz CT molecular complexity index is 413. The molecule has 0 saturated heterocycles. The summed E-state index contributed by atoms with van der Waals surface area (Å²) in [5.41, 5.74) is -0.314. The first-order valence-corrected chi connectivity index (χ1v) is 5.44. The van der Waals surface area contributed by atoms with Gasteiger partial charge in [-0.2, -0.15) is 0 Å². The number of rotatable bonds is 4. The van der Waals surface area contributed by atoms with E-state index in [1.165, 1.54) is 19.2 Å². The third-order valence-corrected chi connectivity index (χ3v) is 2.65. The lowest BCUT2D eigenvalue weighted by atomic mass is 9.84. The van der Waals surface area contributed by atoms with Gasteiger partial charge in [-0.05, 0) is 38.5 Å². The van der Waals surface area contributed by atoms with E-state index < -0.39 is 17.2 Å². The lowest BCUT2D eigenvalue weighted by molar-refractivity contribution is -0.146. The second-order valence-corrected chi connectivity index (χ2v) is 4.19. The van der Waals surface area contributed by atoms with E-state index in [9.17, 15) is 9.18 Å². The van der Waals surface area contributed by atoms with E-state index in [4.69, 9.17) is 9.47 Å². The van der Waals surface area contributed by atoms with E-state index in [0.717, 1.165) is 0 Å². The van der Waals surface area contributed by atoms with Gasteiger partial charge in [0, 0.05) is 0 Å². The monoisotopic (exact) mass is 240 g/mol. The molecule has 0 aliphatic carbocycles. The molecule has 1 rings (SSSR count). The predicted molar refractivity (Wildman–Crippen MR) is 62.6 cm³/mol. The van der Waals surface area contributed by atoms with Crippen molar-refractivity contribution >= 4 is 5.97 Å². The molecule has 0 fully saturated rings. The van der Waals surface area contributed by atoms with Gasteiger partial charge in [-0.15, -0.1) is 0 Å². The maximum absolute atomic E-state index is 13.7. The summed E-state index contributed by atoms with van der Waals surface area (Å²) in [4.78, 5) is 11.6. The van der Waals surface area contributed by atoms with E-state index in [2.05, 4.69) is 0 Å². The molecule has 0 unspecified atom stereocenters. The Kier molecular flexibility index (Phi) is 4.10. The second kappa shape index (κ2) is 5.17. The molecule has 3 nitrogen and oxygen atoms in total. The second-order valence-electron chi connectivity index (χ2n) is 4.19. The molecule has 0 atom stereocenters. The highest BCUT2D eigenvalue weighted by Crippen LogP contribution is 2.28. The number of hydrogen-bond donors (Lipinski definition) is 0. The van der Waals surface area contributed by atoms with Gasteiger partial charge in [0.25, 0.3) is 0 Å². The van der Waals surface area contributed by atoms with Gasteiger partial charge < -0.3 is 9.47 Å². The van der Waals surface area contributed by atoms with Crippen molar-refractivity contribution in [2.45, 2.75) is 26.2 Å². The fraction of sp³-hybridized carbons (Fsp3) is 0.462. The van der Waals surface area contributed by atoms with E-state index in [1.54, 1.807) is 26.8 Å². The van der Waals surface area contributed by atoms with E-state index >= 15 is 0 Å². The number of methoxy groups -OCH3 is 1. The molecule has 0 amide bonds. The van der Waals surface area contributed by atoms with Crippen LogP contribution in [0, 0.1) is 5.82 Å². The average molecular weight is 240 g/mol. The highest BCUT2D eigenvalue weighted by molar-refractivity contribution is 5.82. The third kappa shape index (κ3) is 2.75. The first-order chi connectivity index (χ1) is 7.93. The maximum Gasteiger partial charge on any atom is 0.315 e. The SMILES string of the molecule is CCOc1ccc(C(C)(C)C(=O)OC)cc1F. The summed E-state index contributed by atoms with van der Waals surface area (Å²) >= 11 is 0. The van der Waals surface area contributed by atoms with Gasteiger partial charge in [0.15, 0.2) is 11.6 Å². The van der Waals surface area contributed by atoms with Crippen LogP contribution in [0.1, 0.15) is 26.3 Å². The van der Waals surface area contributed by atoms with Crippen LogP contribution in [-0.4, -0.2) is 19.7 Å². The Balaban J connectivity index is 3.08. The van der Waals surface area contributed by atoms with Crippen LogP contribution in [-0.2, 0) is 14.9 Å². The van der Waals surface area contributed by atoms with Crippen LogP contribution < -0.4 is 4.74 Å². The summed E-state index contributed by atoms with van der Waals surface area (Å²) in [6.07, 6.45) is 0. The molecule has 0 heterocycles. The van der Waals surface area contributed by atoms with E-state index in [-0.39, 0.29) is 5.75 Å². The molecule has 0 aromatic heterocycles. The normalized spacial score (nSPS) is 11.1. The first kappa shape index (κ1) is 13.5. The van der Waals surface area contributed by atoms with Gasteiger partial charge >= 0.3 is 5.97 Å². The minimum Gasteiger partial charge on any atom is -0.491 e. The van der Waals surface area contributed by atoms with E-state index in [1.807, 2.05) is 0 Å². The number of halogens is 1. The van der Waals surface area contributed by atoms with Gasteiger partial charge in [-0.25, -0.2) is 4.39 Å². The zero-order valence-corrected chi connectivity index (χ0v) is 10.5. The molecule has 1 aromatic carbocycles. The van der Waals surface area contributed by atoms with Crippen molar-refractivity contribution in [3.63, 3.8) is 0 Å². The Hall–Kier alpha value is -1.58. The van der Waals surface area contributed by atoms with Gasteiger partial charge in [0.05, 0.1) is 19.1 Å². The molecule has 17 heavy (non-hydrogen) atoms. The molecule has 94 valence electrons. The zero-order chi connectivity index (χ0) is 13.1. The number of benzene rings is 1. The van der Waals surface area contributed by atoms with Crippen LogP contribution in [0.2, 0.25) is 0 Å². The van der Waals surface area contributed by atoms with Crippen molar-refractivity contribution in [1.82, 2.24) is 0 Å². The number of carbonyl (C=O) groups excluding carboxylic acids is 1. The quantitative estimate of drug-likeness (QED) is 0.759. The first-order valence-electron chi connectivity index (χ1n) is 5.44. The van der Waals surface area contributed by atoms with Gasteiger partial charge in [0.2, 0.25) is 0 Å². The highest BCUT2D eigenvalue weighted by atomic mass is 19.1.